The first-order valence-corrected chi connectivity index (χ1v) is 10.8. The fourth-order valence-corrected chi connectivity index (χ4v) is 4.17. The molecule has 9 heteroatoms. The highest BCUT2D eigenvalue weighted by atomic mass is 35.5. The highest BCUT2D eigenvalue weighted by Gasteiger charge is 2.18. The van der Waals surface area contributed by atoms with Gasteiger partial charge in [-0.2, -0.15) is 15.3 Å². The normalized spacial score (nSPS) is 11.9. The molecule has 1 N–H and O–H groups in total. The van der Waals surface area contributed by atoms with E-state index in [1.54, 1.807) is 48.8 Å². The highest BCUT2D eigenvalue weighted by Crippen LogP contribution is 2.28. The van der Waals surface area contributed by atoms with E-state index in [0.717, 1.165) is 11.1 Å². The largest absolute Gasteiger partial charge is 0.263 e. The lowest BCUT2D eigenvalue weighted by Crippen LogP contribution is -2.15. The number of anilines is 1. The van der Waals surface area contributed by atoms with Crippen molar-refractivity contribution in [1.29, 1.82) is 0 Å². The number of aromatic nitrogens is 4. The third-order valence-electron chi connectivity index (χ3n) is 4.55. The zero-order valence-electron chi connectivity index (χ0n) is 15.7. The minimum absolute atomic E-state index is 0.177. The van der Waals surface area contributed by atoms with Crippen LogP contribution in [0.5, 0.6) is 0 Å². The second kappa shape index (κ2) is 7.46. The molecule has 0 unspecified atom stereocenters. The first-order valence-electron chi connectivity index (χ1n) is 8.93. The van der Waals surface area contributed by atoms with Gasteiger partial charge in [0, 0.05) is 5.56 Å². The third kappa shape index (κ3) is 3.81. The van der Waals surface area contributed by atoms with E-state index in [1.807, 2.05) is 12.1 Å². The Labute approximate surface area is 173 Å². The second-order valence-corrected chi connectivity index (χ2v) is 8.94. The molecule has 0 radical (unpaired) electrons. The van der Waals surface area contributed by atoms with Crippen LogP contribution in [0, 0.1) is 0 Å². The number of rotatable bonds is 5. The number of hydrogen-bond acceptors (Lipinski definition) is 5. The highest BCUT2D eigenvalue weighted by molar-refractivity contribution is 7.92. The molecule has 0 saturated heterocycles. The number of benzene rings is 1. The van der Waals surface area contributed by atoms with Crippen LogP contribution >= 0.6 is 11.6 Å². The van der Waals surface area contributed by atoms with Gasteiger partial charge in [-0.1, -0.05) is 37.6 Å². The molecular weight excluding hydrogens is 410 g/mol. The van der Waals surface area contributed by atoms with Crippen molar-refractivity contribution < 1.29 is 8.42 Å². The predicted octanol–water partition coefficient (Wildman–Crippen LogP) is 4.37. The van der Waals surface area contributed by atoms with E-state index < -0.39 is 10.0 Å². The molecule has 0 aliphatic heterocycles. The van der Waals surface area contributed by atoms with E-state index in [0.29, 0.717) is 22.2 Å². The van der Waals surface area contributed by atoms with Gasteiger partial charge in [0.2, 0.25) is 0 Å². The van der Waals surface area contributed by atoms with Crippen molar-refractivity contribution in [3.63, 3.8) is 0 Å². The molecule has 148 valence electrons. The van der Waals surface area contributed by atoms with Crippen LogP contribution in [0.25, 0.3) is 16.8 Å². The molecule has 29 heavy (non-hydrogen) atoms. The van der Waals surface area contributed by atoms with Crippen LogP contribution in [0.1, 0.15) is 25.3 Å². The predicted molar refractivity (Wildman–Crippen MR) is 113 cm³/mol. The number of pyridine rings is 1. The summed E-state index contributed by atoms with van der Waals surface area (Å²) in [5, 5.41) is 12.6. The molecule has 0 spiro atoms. The summed E-state index contributed by atoms with van der Waals surface area (Å²) >= 11 is 6.30. The SMILES string of the molecule is CC(C)c1ccc(S(=O)(=O)Nc2ccc(Cl)c3cc(-c4ccnnc4)nn23)cc1. The first-order chi connectivity index (χ1) is 13.8. The molecule has 0 aliphatic carbocycles. The first kappa shape index (κ1) is 19.4. The van der Waals surface area contributed by atoms with Gasteiger partial charge in [0.1, 0.15) is 5.82 Å². The smallest absolute Gasteiger partial charge is 0.263 e. The molecule has 3 heterocycles. The Kier molecular flexibility index (Phi) is 4.97. The van der Waals surface area contributed by atoms with Gasteiger partial charge in [-0.25, -0.2) is 12.9 Å². The van der Waals surface area contributed by atoms with Crippen molar-refractivity contribution in [3.05, 3.63) is 71.5 Å². The number of hydrogen-bond donors (Lipinski definition) is 1. The fraction of sp³-hybridized carbons (Fsp3) is 0.150. The van der Waals surface area contributed by atoms with Crippen LogP contribution in [0.4, 0.5) is 5.82 Å². The summed E-state index contributed by atoms with van der Waals surface area (Å²) in [6.45, 7) is 4.11. The maximum atomic E-state index is 12.9. The van der Waals surface area contributed by atoms with E-state index in [4.69, 9.17) is 11.6 Å². The average Bonchev–Trinajstić information content (AvgIpc) is 3.17. The van der Waals surface area contributed by atoms with E-state index in [2.05, 4.69) is 33.9 Å². The molecule has 3 aromatic heterocycles. The maximum absolute atomic E-state index is 12.9. The van der Waals surface area contributed by atoms with Gasteiger partial charge in [-0.3, -0.25) is 4.72 Å². The van der Waals surface area contributed by atoms with E-state index >= 15 is 0 Å². The summed E-state index contributed by atoms with van der Waals surface area (Å²) in [5.41, 5.74) is 3.00. The summed E-state index contributed by atoms with van der Waals surface area (Å²) in [4.78, 5) is 0.177. The maximum Gasteiger partial charge on any atom is 0.263 e. The van der Waals surface area contributed by atoms with Crippen molar-refractivity contribution in [2.75, 3.05) is 4.72 Å². The number of halogens is 1. The van der Waals surface area contributed by atoms with E-state index in [9.17, 15) is 8.42 Å². The number of nitrogens with zero attached hydrogens (tertiary/aromatic N) is 4. The van der Waals surface area contributed by atoms with Crippen LogP contribution < -0.4 is 4.72 Å². The summed E-state index contributed by atoms with van der Waals surface area (Å²) in [6, 6.07) is 13.6. The lowest BCUT2D eigenvalue weighted by molar-refractivity contribution is 0.600. The lowest BCUT2D eigenvalue weighted by Gasteiger charge is -2.11. The monoisotopic (exact) mass is 427 g/mol. The molecule has 7 nitrogen and oxygen atoms in total. The van der Waals surface area contributed by atoms with Crippen LogP contribution in [0.2, 0.25) is 5.02 Å². The molecule has 1 aromatic carbocycles. The summed E-state index contributed by atoms with van der Waals surface area (Å²) in [5.74, 6) is 0.603. The van der Waals surface area contributed by atoms with Gasteiger partial charge >= 0.3 is 0 Å². The number of fused-ring (bicyclic) bond motifs is 1. The van der Waals surface area contributed by atoms with Gasteiger partial charge in [-0.15, -0.1) is 0 Å². The minimum Gasteiger partial charge on any atom is -0.263 e. The Morgan fingerprint density at radius 3 is 2.45 bits per heavy atom. The standard InChI is InChI=1S/C20H18ClN5O2S/c1-13(2)14-3-5-16(6-4-14)29(27,28)25-20-8-7-17(21)19-11-18(24-26(19)20)15-9-10-22-23-12-15/h3-13,25H,1-2H3. The van der Waals surface area contributed by atoms with E-state index in [-0.39, 0.29) is 10.7 Å². The quantitative estimate of drug-likeness (QED) is 0.510. The fourth-order valence-electron chi connectivity index (χ4n) is 2.93. The topological polar surface area (TPSA) is 89.2 Å². The molecule has 0 atom stereocenters. The van der Waals surface area contributed by atoms with Crippen molar-refractivity contribution >= 4 is 33.0 Å². The van der Waals surface area contributed by atoms with Crippen LogP contribution in [-0.2, 0) is 10.0 Å². The van der Waals surface area contributed by atoms with Crippen LogP contribution in [0.15, 0.2) is 65.8 Å². The summed E-state index contributed by atoms with van der Waals surface area (Å²) in [6.07, 6.45) is 3.14. The van der Waals surface area contributed by atoms with Gasteiger partial charge in [0.15, 0.2) is 0 Å². The lowest BCUT2D eigenvalue weighted by atomic mass is 10.0. The summed E-state index contributed by atoms with van der Waals surface area (Å²) < 4.78 is 29.8. The minimum atomic E-state index is -3.79. The van der Waals surface area contributed by atoms with Crippen molar-refractivity contribution in [3.8, 4) is 11.3 Å². The molecule has 4 rings (SSSR count). The molecule has 0 saturated carbocycles. The Morgan fingerprint density at radius 2 is 1.79 bits per heavy atom. The van der Waals surface area contributed by atoms with Crippen LogP contribution in [-0.4, -0.2) is 28.2 Å². The Balaban J connectivity index is 1.74. The van der Waals surface area contributed by atoms with Crippen LogP contribution in [0.3, 0.4) is 0 Å². The Morgan fingerprint density at radius 1 is 1.03 bits per heavy atom. The third-order valence-corrected chi connectivity index (χ3v) is 6.24. The molecule has 4 aromatic rings. The molecule has 0 bridgehead atoms. The Hall–Kier alpha value is -2.97. The zero-order valence-corrected chi connectivity index (χ0v) is 17.3. The second-order valence-electron chi connectivity index (χ2n) is 6.85. The zero-order chi connectivity index (χ0) is 20.6. The number of nitrogens with one attached hydrogen (secondary N) is 1. The molecule has 0 fully saturated rings. The van der Waals surface area contributed by atoms with Crippen molar-refractivity contribution in [2.24, 2.45) is 0 Å². The van der Waals surface area contributed by atoms with Gasteiger partial charge in [0.25, 0.3) is 10.0 Å². The molecule has 0 amide bonds. The van der Waals surface area contributed by atoms with Gasteiger partial charge < -0.3 is 0 Å². The molecular formula is C20H18ClN5O2S. The van der Waals surface area contributed by atoms with Gasteiger partial charge in [-0.05, 0) is 47.9 Å². The average molecular weight is 428 g/mol. The van der Waals surface area contributed by atoms with Crippen molar-refractivity contribution in [1.82, 2.24) is 19.8 Å². The molecule has 0 aliphatic rings. The van der Waals surface area contributed by atoms with Crippen molar-refractivity contribution in [2.45, 2.75) is 24.7 Å². The summed E-state index contributed by atoms with van der Waals surface area (Å²) in [7, 11) is -3.79. The van der Waals surface area contributed by atoms with Gasteiger partial charge in [0.05, 0.1) is 33.5 Å². The number of sulfonamides is 1. The van der Waals surface area contributed by atoms with E-state index in [1.165, 1.54) is 4.52 Å². The Bertz CT molecular complexity index is 1270.